The first-order valence-electron chi connectivity index (χ1n) is 13.7. The third-order valence-electron chi connectivity index (χ3n) is 7.68. The second kappa shape index (κ2) is 10.8. The van der Waals surface area contributed by atoms with Crippen LogP contribution >= 0.6 is 0 Å². The Kier molecular flexibility index (Phi) is 6.95. The molecule has 6 rings (SSSR count). The first-order chi connectivity index (χ1) is 19.1. The molecule has 0 spiro atoms. The maximum absolute atomic E-state index is 12.8. The Labute approximate surface area is 227 Å². The fourth-order valence-corrected chi connectivity index (χ4v) is 5.46. The van der Waals surface area contributed by atoms with Gasteiger partial charge in [-0.2, -0.15) is 5.26 Å². The van der Waals surface area contributed by atoms with Crippen molar-refractivity contribution in [1.29, 1.82) is 5.26 Å². The molecule has 198 valence electrons. The SMILES string of the molecule is Cc1cc(Nc2nc(-c3cncc(NC4CC4)n3)cc3cc[nH]c(=O)c23)ccc1C1CCN(CCC#N)CC1. The van der Waals surface area contributed by atoms with E-state index in [4.69, 9.17) is 15.2 Å². The number of pyridine rings is 2. The van der Waals surface area contributed by atoms with Crippen molar-refractivity contribution in [1.82, 2.24) is 24.8 Å². The molecule has 1 saturated carbocycles. The van der Waals surface area contributed by atoms with Gasteiger partial charge in [-0.1, -0.05) is 6.07 Å². The quantitative estimate of drug-likeness (QED) is 0.293. The van der Waals surface area contributed by atoms with Crippen LogP contribution in [-0.4, -0.2) is 50.5 Å². The van der Waals surface area contributed by atoms with Gasteiger partial charge >= 0.3 is 0 Å². The van der Waals surface area contributed by atoms with Gasteiger partial charge in [-0.25, -0.2) is 9.97 Å². The minimum atomic E-state index is -0.194. The topological polar surface area (TPSA) is 123 Å². The van der Waals surface area contributed by atoms with Crippen molar-refractivity contribution in [3.05, 3.63) is 70.4 Å². The van der Waals surface area contributed by atoms with Crippen molar-refractivity contribution < 1.29 is 0 Å². The van der Waals surface area contributed by atoms with E-state index in [9.17, 15) is 4.79 Å². The van der Waals surface area contributed by atoms with Crippen LogP contribution < -0.4 is 16.2 Å². The van der Waals surface area contributed by atoms with E-state index in [1.165, 1.54) is 11.1 Å². The van der Waals surface area contributed by atoms with Crippen LogP contribution in [0.25, 0.3) is 22.2 Å². The van der Waals surface area contributed by atoms with Crippen LogP contribution in [0.15, 0.2) is 53.7 Å². The number of nitrogens with one attached hydrogen (secondary N) is 3. The smallest absolute Gasteiger partial charge is 0.259 e. The zero-order chi connectivity index (χ0) is 26.8. The number of rotatable bonds is 8. The molecule has 3 N–H and O–H groups in total. The van der Waals surface area contributed by atoms with E-state index in [1.54, 1.807) is 18.6 Å². The van der Waals surface area contributed by atoms with Crippen molar-refractivity contribution in [3.63, 3.8) is 0 Å². The molecule has 3 aromatic heterocycles. The second-order valence-corrected chi connectivity index (χ2v) is 10.6. The summed E-state index contributed by atoms with van der Waals surface area (Å²) in [7, 11) is 0. The summed E-state index contributed by atoms with van der Waals surface area (Å²) in [5.41, 5.74) is 4.57. The highest BCUT2D eigenvalue weighted by atomic mass is 16.1. The largest absolute Gasteiger partial charge is 0.366 e. The molecule has 0 atom stereocenters. The Balaban J connectivity index is 1.27. The molecule has 1 aromatic carbocycles. The maximum atomic E-state index is 12.8. The van der Waals surface area contributed by atoms with Crippen LogP contribution in [0, 0.1) is 18.3 Å². The van der Waals surface area contributed by atoms with Crippen LogP contribution in [0.5, 0.6) is 0 Å². The van der Waals surface area contributed by atoms with E-state index in [0.717, 1.165) is 62.2 Å². The van der Waals surface area contributed by atoms with Gasteiger partial charge in [-0.05, 0) is 92.4 Å². The van der Waals surface area contributed by atoms with Crippen molar-refractivity contribution >= 4 is 28.1 Å². The normalized spacial score (nSPS) is 16.2. The number of aromatic nitrogens is 4. The van der Waals surface area contributed by atoms with E-state index in [0.29, 0.717) is 41.0 Å². The molecule has 0 bridgehead atoms. The molecular formula is C30H32N8O. The van der Waals surface area contributed by atoms with Gasteiger partial charge in [-0.3, -0.25) is 9.78 Å². The van der Waals surface area contributed by atoms with Crippen LogP contribution in [0.1, 0.15) is 49.1 Å². The molecule has 1 saturated heterocycles. The Bertz CT molecular complexity index is 1600. The van der Waals surface area contributed by atoms with Crippen LogP contribution in [0.4, 0.5) is 17.3 Å². The Morgan fingerprint density at radius 2 is 1.92 bits per heavy atom. The fraction of sp³-hybridized carbons (Fsp3) is 0.367. The number of hydrogen-bond donors (Lipinski definition) is 3. The average molecular weight is 521 g/mol. The number of hydrogen-bond acceptors (Lipinski definition) is 8. The molecule has 0 unspecified atom stereocenters. The lowest BCUT2D eigenvalue weighted by molar-refractivity contribution is 0.216. The minimum Gasteiger partial charge on any atom is -0.366 e. The van der Waals surface area contributed by atoms with Crippen molar-refractivity contribution in [2.24, 2.45) is 0 Å². The van der Waals surface area contributed by atoms with Crippen LogP contribution in [0.2, 0.25) is 0 Å². The van der Waals surface area contributed by atoms with Crippen molar-refractivity contribution in [2.75, 3.05) is 30.3 Å². The van der Waals surface area contributed by atoms with E-state index in [1.807, 2.05) is 12.1 Å². The summed E-state index contributed by atoms with van der Waals surface area (Å²) in [6.07, 6.45) is 10.2. The number of nitriles is 1. The molecular weight excluding hydrogens is 488 g/mol. The number of aryl methyl sites for hydroxylation is 1. The lowest BCUT2D eigenvalue weighted by atomic mass is 9.86. The zero-order valence-corrected chi connectivity index (χ0v) is 22.1. The van der Waals surface area contributed by atoms with Crippen LogP contribution in [-0.2, 0) is 0 Å². The zero-order valence-electron chi connectivity index (χ0n) is 22.1. The van der Waals surface area contributed by atoms with Crippen molar-refractivity contribution in [2.45, 2.75) is 51.0 Å². The first-order valence-corrected chi connectivity index (χ1v) is 13.7. The molecule has 1 aliphatic heterocycles. The number of anilines is 3. The molecule has 9 nitrogen and oxygen atoms in total. The van der Waals surface area contributed by atoms with E-state index < -0.39 is 0 Å². The summed E-state index contributed by atoms with van der Waals surface area (Å²) in [4.78, 5) is 32.0. The average Bonchev–Trinajstić information content (AvgIpc) is 3.76. The number of aromatic amines is 1. The molecule has 2 fully saturated rings. The lowest BCUT2D eigenvalue weighted by Crippen LogP contribution is -2.33. The molecule has 0 radical (unpaired) electrons. The van der Waals surface area contributed by atoms with Gasteiger partial charge in [0, 0.05) is 30.9 Å². The summed E-state index contributed by atoms with van der Waals surface area (Å²) in [6, 6.07) is 12.9. The summed E-state index contributed by atoms with van der Waals surface area (Å²) < 4.78 is 0. The van der Waals surface area contributed by atoms with Gasteiger partial charge in [0.25, 0.3) is 5.56 Å². The van der Waals surface area contributed by atoms with E-state index >= 15 is 0 Å². The standard InChI is InChI=1S/C30H32N8O/c1-19-15-23(5-6-24(19)20-8-13-38(14-9-20)12-2-10-31)35-29-28-21(7-11-33-30(28)39)16-25(37-29)26-17-32-18-27(36-26)34-22-3-4-22/h5-7,11,15-18,20,22H,2-4,8-9,12-14H2,1H3,(H,33,39)(H,34,36)(H,35,37). The number of likely N-dealkylation sites (tertiary alicyclic amines) is 1. The summed E-state index contributed by atoms with van der Waals surface area (Å²) in [5.74, 6) is 1.74. The van der Waals surface area contributed by atoms with Crippen LogP contribution in [0.3, 0.4) is 0 Å². The van der Waals surface area contributed by atoms with Crippen molar-refractivity contribution in [3.8, 4) is 17.5 Å². The molecule has 2 aliphatic rings. The number of benzene rings is 1. The number of nitrogens with zero attached hydrogens (tertiary/aromatic N) is 5. The molecule has 9 heteroatoms. The van der Waals surface area contributed by atoms with E-state index in [-0.39, 0.29) is 5.56 Å². The molecule has 1 aliphatic carbocycles. The summed E-state index contributed by atoms with van der Waals surface area (Å²) in [6.45, 7) is 5.05. The summed E-state index contributed by atoms with van der Waals surface area (Å²) in [5, 5.41) is 17.0. The molecule has 0 amide bonds. The van der Waals surface area contributed by atoms with Gasteiger partial charge in [0.1, 0.15) is 17.3 Å². The fourth-order valence-electron chi connectivity index (χ4n) is 5.46. The third kappa shape index (κ3) is 5.61. The highest BCUT2D eigenvalue weighted by Gasteiger charge is 2.23. The van der Waals surface area contributed by atoms with E-state index in [2.05, 4.69) is 56.7 Å². The second-order valence-electron chi connectivity index (χ2n) is 10.6. The predicted molar refractivity (Wildman–Crippen MR) is 153 cm³/mol. The van der Waals surface area contributed by atoms with Gasteiger partial charge < -0.3 is 20.5 Å². The third-order valence-corrected chi connectivity index (χ3v) is 7.68. The van der Waals surface area contributed by atoms with Gasteiger partial charge in [0.05, 0.1) is 29.5 Å². The first kappa shape index (κ1) is 25.0. The minimum absolute atomic E-state index is 0.194. The lowest BCUT2D eigenvalue weighted by Gasteiger charge is -2.32. The maximum Gasteiger partial charge on any atom is 0.259 e. The Hall–Kier alpha value is -4.29. The molecule has 4 aromatic rings. The summed E-state index contributed by atoms with van der Waals surface area (Å²) >= 11 is 0. The molecule has 4 heterocycles. The molecule has 39 heavy (non-hydrogen) atoms. The van der Waals surface area contributed by atoms with Gasteiger partial charge in [-0.15, -0.1) is 0 Å². The number of fused-ring (bicyclic) bond motifs is 1. The highest BCUT2D eigenvalue weighted by Crippen LogP contribution is 2.33. The Morgan fingerprint density at radius 3 is 2.69 bits per heavy atom. The predicted octanol–water partition coefficient (Wildman–Crippen LogP) is 5.10. The van der Waals surface area contributed by atoms with Gasteiger partial charge in [0.15, 0.2) is 0 Å². The highest BCUT2D eigenvalue weighted by molar-refractivity contribution is 5.95. The Morgan fingerprint density at radius 1 is 1.08 bits per heavy atom. The number of piperidine rings is 1. The number of H-pyrrole nitrogens is 1. The monoisotopic (exact) mass is 520 g/mol. The van der Waals surface area contributed by atoms with Gasteiger partial charge in [0.2, 0.25) is 0 Å².